The first-order valence-electron chi connectivity index (χ1n) is 6.34. The number of nitrogens with two attached hydrogens (primary N) is 1. The molecular weight excluding hydrogens is 218 g/mol. The summed E-state index contributed by atoms with van der Waals surface area (Å²) in [6.07, 6.45) is 1.90. The van der Waals surface area contributed by atoms with Gasteiger partial charge in [-0.25, -0.2) is 4.79 Å². The first kappa shape index (κ1) is 14.3. The molecular formula is C12H25N3O2. The van der Waals surface area contributed by atoms with Gasteiger partial charge in [-0.1, -0.05) is 0 Å². The van der Waals surface area contributed by atoms with Gasteiger partial charge in [-0.15, -0.1) is 0 Å². The molecule has 0 unspecified atom stereocenters. The second kappa shape index (κ2) is 6.21. The maximum absolute atomic E-state index is 11.9. The maximum Gasteiger partial charge on any atom is 0.410 e. The van der Waals surface area contributed by atoms with Gasteiger partial charge in [-0.2, -0.15) is 0 Å². The van der Waals surface area contributed by atoms with Crippen LogP contribution in [0.4, 0.5) is 4.79 Å². The van der Waals surface area contributed by atoms with Crippen LogP contribution in [-0.2, 0) is 4.74 Å². The first-order valence-corrected chi connectivity index (χ1v) is 6.34. The van der Waals surface area contributed by atoms with Gasteiger partial charge in [0.25, 0.3) is 0 Å². The third-order valence-electron chi connectivity index (χ3n) is 2.65. The molecule has 17 heavy (non-hydrogen) atoms. The minimum atomic E-state index is -0.422. The Bertz CT molecular complexity index is 251. The molecule has 1 atom stereocenters. The Hall–Kier alpha value is -0.810. The van der Waals surface area contributed by atoms with Crippen LogP contribution in [0.1, 0.15) is 33.6 Å². The van der Waals surface area contributed by atoms with Crippen LogP contribution in [0, 0.1) is 0 Å². The zero-order valence-electron chi connectivity index (χ0n) is 11.2. The predicted octanol–water partition coefficient (Wildman–Crippen LogP) is 0.934. The molecule has 0 aromatic carbocycles. The van der Waals surface area contributed by atoms with Crippen LogP contribution in [0.5, 0.6) is 0 Å². The van der Waals surface area contributed by atoms with E-state index in [2.05, 4.69) is 5.32 Å². The molecule has 1 heterocycles. The van der Waals surface area contributed by atoms with E-state index in [1.807, 2.05) is 20.8 Å². The van der Waals surface area contributed by atoms with Gasteiger partial charge in [0.15, 0.2) is 0 Å². The molecule has 0 spiro atoms. The van der Waals surface area contributed by atoms with Crippen LogP contribution in [0.25, 0.3) is 0 Å². The number of rotatable bonds is 3. The van der Waals surface area contributed by atoms with Crippen LogP contribution in [0.3, 0.4) is 0 Å². The summed E-state index contributed by atoms with van der Waals surface area (Å²) >= 11 is 0. The number of carbonyl (C=O) groups is 1. The van der Waals surface area contributed by atoms with Crippen molar-refractivity contribution < 1.29 is 9.53 Å². The molecule has 1 saturated heterocycles. The number of nitrogens with one attached hydrogen (secondary N) is 1. The average Bonchev–Trinajstić information content (AvgIpc) is 2.24. The number of carbonyl (C=O) groups excluding carboxylic acids is 1. The highest BCUT2D eigenvalue weighted by Crippen LogP contribution is 2.15. The van der Waals surface area contributed by atoms with Crippen molar-refractivity contribution in [2.45, 2.75) is 45.3 Å². The van der Waals surface area contributed by atoms with Crippen LogP contribution >= 0.6 is 0 Å². The van der Waals surface area contributed by atoms with E-state index in [9.17, 15) is 4.79 Å². The quantitative estimate of drug-likeness (QED) is 0.774. The molecule has 1 fully saturated rings. The van der Waals surface area contributed by atoms with E-state index in [1.54, 1.807) is 4.90 Å². The van der Waals surface area contributed by atoms with Gasteiger partial charge in [0.2, 0.25) is 0 Å². The van der Waals surface area contributed by atoms with Crippen LogP contribution in [-0.4, -0.2) is 48.8 Å². The average molecular weight is 243 g/mol. The van der Waals surface area contributed by atoms with Gasteiger partial charge < -0.3 is 20.7 Å². The Morgan fingerprint density at radius 2 is 2.24 bits per heavy atom. The first-order chi connectivity index (χ1) is 7.92. The fraction of sp³-hybridized carbons (Fsp3) is 0.917. The minimum absolute atomic E-state index is 0.211. The molecule has 0 aromatic heterocycles. The van der Waals surface area contributed by atoms with Gasteiger partial charge in [-0.3, -0.25) is 0 Å². The predicted molar refractivity (Wildman–Crippen MR) is 67.9 cm³/mol. The highest BCUT2D eigenvalue weighted by molar-refractivity contribution is 5.68. The molecule has 100 valence electrons. The van der Waals surface area contributed by atoms with Crippen LogP contribution < -0.4 is 11.1 Å². The second-order valence-electron chi connectivity index (χ2n) is 5.51. The Morgan fingerprint density at radius 1 is 1.53 bits per heavy atom. The van der Waals surface area contributed by atoms with E-state index in [1.165, 1.54) is 0 Å². The normalized spacial score (nSPS) is 21.4. The standard InChI is InChI=1S/C12H25N3O2/c1-12(2,3)17-11(16)15-8-4-5-10(9-15)14-7-6-13/h10,14H,4-9,13H2,1-3H3/t10-/m0/s1. The monoisotopic (exact) mass is 243 g/mol. The number of likely N-dealkylation sites (tertiary alicyclic amines) is 1. The summed E-state index contributed by atoms with van der Waals surface area (Å²) in [5.41, 5.74) is 5.03. The third kappa shape index (κ3) is 5.37. The number of ether oxygens (including phenoxy) is 1. The van der Waals surface area contributed by atoms with Crippen molar-refractivity contribution in [3.63, 3.8) is 0 Å². The summed E-state index contributed by atoms with van der Waals surface area (Å²) in [5, 5.41) is 3.34. The SMILES string of the molecule is CC(C)(C)OC(=O)N1CCC[C@H](NCCN)C1. The van der Waals surface area contributed by atoms with E-state index < -0.39 is 5.60 Å². The molecule has 0 radical (unpaired) electrons. The van der Waals surface area contributed by atoms with Gasteiger partial charge >= 0.3 is 6.09 Å². The van der Waals surface area contributed by atoms with Gasteiger partial charge in [0.1, 0.15) is 5.60 Å². The van der Waals surface area contributed by atoms with Crippen molar-refractivity contribution in [3.05, 3.63) is 0 Å². The van der Waals surface area contributed by atoms with E-state index in [0.717, 1.165) is 32.5 Å². The lowest BCUT2D eigenvalue weighted by Gasteiger charge is -2.34. The maximum atomic E-state index is 11.9. The molecule has 5 nitrogen and oxygen atoms in total. The number of piperidine rings is 1. The molecule has 1 rings (SSSR count). The van der Waals surface area contributed by atoms with Crippen molar-refractivity contribution in [2.75, 3.05) is 26.2 Å². The fourth-order valence-electron chi connectivity index (χ4n) is 1.92. The van der Waals surface area contributed by atoms with E-state index >= 15 is 0 Å². The van der Waals surface area contributed by atoms with Gasteiger partial charge in [0.05, 0.1) is 0 Å². The summed E-state index contributed by atoms with van der Waals surface area (Å²) in [7, 11) is 0. The summed E-state index contributed by atoms with van der Waals surface area (Å²) in [6, 6.07) is 0.347. The minimum Gasteiger partial charge on any atom is -0.444 e. The molecule has 1 aliphatic rings. The Kier molecular flexibility index (Phi) is 5.21. The highest BCUT2D eigenvalue weighted by atomic mass is 16.6. The molecule has 0 aromatic rings. The molecule has 3 N–H and O–H groups in total. The third-order valence-corrected chi connectivity index (χ3v) is 2.65. The van der Waals surface area contributed by atoms with E-state index in [4.69, 9.17) is 10.5 Å². The number of amides is 1. The lowest BCUT2D eigenvalue weighted by atomic mass is 10.1. The smallest absolute Gasteiger partial charge is 0.410 e. The molecule has 0 aliphatic carbocycles. The number of nitrogens with zero attached hydrogens (tertiary/aromatic N) is 1. The summed E-state index contributed by atoms with van der Waals surface area (Å²) < 4.78 is 5.36. The van der Waals surface area contributed by atoms with Crippen molar-refractivity contribution in [1.82, 2.24) is 10.2 Å². The summed E-state index contributed by atoms with van der Waals surface area (Å²) in [6.45, 7) is 8.59. The summed E-state index contributed by atoms with van der Waals surface area (Å²) in [4.78, 5) is 13.7. The molecule has 0 saturated carbocycles. The second-order valence-corrected chi connectivity index (χ2v) is 5.51. The molecule has 1 amide bonds. The number of hydrogen-bond acceptors (Lipinski definition) is 4. The van der Waals surface area contributed by atoms with Gasteiger partial charge in [0, 0.05) is 32.2 Å². The number of hydrogen-bond donors (Lipinski definition) is 2. The molecule has 5 heteroatoms. The van der Waals surface area contributed by atoms with Gasteiger partial charge in [-0.05, 0) is 33.6 Å². The van der Waals surface area contributed by atoms with Crippen molar-refractivity contribution >= 4 is 6.09 Å². The lowest BCUT2D eigenvalue weighted by Crippen LogP contribution is -2.50. The zero-order chi connectivity index (χ0) is 12.9. The van der Waals surface area contributed by atoms with Crippen molar-refractivity contribution in [3.8, 4) is 0 Å². The lowest BCUT2D eigenvalue weighted by molar-refractivity contribution is 0.0188. The molecule has 0 bridgehead atoms. The van der Waals surface area contributed by atoms with Crippen LogP contribution in [0.15, 0.2) is 0 Å². The summed E-state index contributed by atoms with van der Waals surface area (Å²) in [5.74, 6) is 0. The largest absolute Gasteiger partial charge is 0.444 e. The Balaban J connectivity index is 2.40. The Labute approximate surface area is 104 Å². The van der Waals surface area contributed by atoms with Crippen molar-refractivity contribution in [1.29, 1.82) is 0 Å². The highest BCUT2D eigenvalue weighted by Gasteiger charge is 2.27. The van der Waals surface area contributed by atoms with E-state index in [-0.39, 0.29) is 6.09 Å². The van der Waals surface area contributed by atoms with Crippen LogP contribution in [0.2, 0.25) is 0 Å². The fourth-order valence-corrected chi connectivity index (χ4v) is 1.92. The van der Waals surface area contributed by atoms with E-state index in [0.29, 0.717) is 12.6 Å². The topological polar surface area (TPSA) is 67.6 Å². The van der Waals surface area contributed by atoms with Crippen molar-refractivity contribution in [2.24, 2.45) is 5.73 Å². The Morgan fingerprint density at radius 3 is 2.82 bits per heavy atom. The molecule has 1 aliphatic heterocycles. The zero-order valence-corrected chi connectivity index (χ0v) is 11.2.